The van der Waals surface area contributed by atoms with Gasteiger partial charge in [0.25, 0.3) is 0 Å². The SMILES string of the molecule is Fc1ccc(C(F)(F)F)c(F)c1CBr. The van der Waals surface area contributed by atoms with E-state index in [-0.39, 0.29) is 5.33 Å². The van der Waals surface area contributed by atoms with E-state index >= 15 is 0 Å². The molecule has 0 aliphatic heterocycles. The molecule has 0 bridgehead atoms. The average Bonchev–Trinajstić information content (AvgIpc) is 2.02. The molecule has 78 valence electrons. The maximum absolute atomic E-state index is 13.0. The van der Waals surface area contributed by atoms with Crippen molar-refractivity contribution in [2.24, 2.45) is 0 Å². The first-order chi connectivity index (χ1) is 6.38. The van der Waals surface area contributed by atoms with E-state index in [9.17, 15) is 22.0 Å². The van der Waals surface area contributed by atoms with Gasteiger partial charge in [0.2, 0.25) is 0 Å². The third kappa shape index (κ3) is 2.05. The Labute approximate surface area is 84.9 Å². The predicted molar refractivity (Wildman–Crippen MR) is 44.0 cm³/mol. The van der Waals surface area contributed by atoms with Crippen LogP contribution in [0.3, 0.4) is 0 Å². The van der Waals surface area contributed by atoms with Crippen LogP contribution in [0.15, 0.2) is 12.1 Å². The van der Waals surface area contributed by atoms with Crippen molar-refractivity contribution in [2.45, 2.75) is 11.5 Å². The average molecular weight is 275 g/mol. The molecular formula is C8H4BrF5. The molecule has 0 nitrogen and oxygen atoms in total. The van der Waals surface area contributed by atoms with Gasteiger partial charge in [0, 0.05) is 10.9 Å². The molecule has 0 aromatic heterocycles. The van der Waals surface area contributed by atoms with Crippen LogP contribution in [0.5, 0.6) is 0 Å². The quantitative estimate of drug-likeness (QED) is 0.539. The van der Waals surface area contributed by atoms with Gasteiger partial charge in [-0.25, -0.2) is 8.78 Å². The summed E-state index contributed by atoms with van der Waals surface area (Å²) in [7, 11) is 0. The van der Waals surface area contributed by atoms with Crippen LogP contribution < -0.4 is 0 Å². The summed E-state index contributed by atoms with van der Waals surface area (Å²) in [6, 6.07) is 0.985. The Morgan fingerprint density at radius 3 is 2.14 bits per heavy atom. The molecule has 0 aliphatic carbocycles. The minimum atomic E-state index is -4.80. The molecule has 0 N–H and O–H groups in total. The summed E-state index contributed by atoms with van der Waals surface area (Å²) in [5.74, 6) is -2.55. The summed E-state index contributed by atoms with van der Waals surface area (Å²) in [4.78, 5) is 0. The van der Waals surface area contributed by atoms with Crippen LogP contribution >= 0.6 is 15.9 Å². The summed E-state index contributed by atoms with van der Waals surface area (Å²) in [5.41, 5.74) is -2.06. The van der Waals surface area contributed by atoms with Crippen molar-refractivity contribution in [1.29, 1.82) is 0 Å². The van der Waals surface area contributed by atoms with Crippen molar-refractivity contribution in [3.05, 3.63) is 34.9 Å². The van der Waals surface area contributed by atoms with E-state index in [1.165, 1.54) is 0 Å². The van der Waals surface area contributed by atoms with Crippen LogP contribution in [0.4, 0.5) is 22.0 Å². The third-order valence-corrected chi connectivity index (χ3v) is 2.19. The second-order valence-corrected chi connectivity index (χ2v) is 3.08. The highest BCUT2D eigenvalue weighted by Gasteiger charge is 2.35. The lowest BCUT2D eigenvalue weighted by molar-refractivity contribution is -0.140. The number of hydrogen-bond acceptors (Lipinski definition) is 0. The van der Waals surface area contributed by atoms with Gasteiger partial charge in [0.1, 0.15) is 11.6 Å². The fourth-order valence-corrected chi connectivity index (χ4v) is 1.45. The maximum atomic E-state index is 13.0. The molecule has 0 spiro atoms. The third-order valence-electron chi connectivity index (χ3n) is 1.63. The molecule has 0 atom stereocenters. The molecule has 1 aromatic carbocycles. The molecule has 0 fully saturated rings. The molecule has 1 rings (SSSR count). The molecule has 0 radical (unpaired) electrons. The van der Waals surface area contributed by atoms with Crippen molar-refractivity contribution >= 4 is 15.9 Å². The fraction of sp³-hybridized carbons (Fsp3) is 0.250. The number of alkyl halides is 4. The van der Waals surface area contributed by atoms with Crippen LogP contribution in [-0.4, -0.2) is 0 Å². The molecule has 0 saturated carbocycles. The molecular weight excluding hydrogens is 271 g/mol. The lowest BCUT2D eigenvalue weighted by Crippen LogP contribution is -2.10. The van der Waals surface area contributed by atoms with Gasteiger partial charge in [-0.1, -0.05) is 15.9 Å². The largest absolute Gasteiger partial charge is 0.419 e. The first-order valence-corrected chi connectivity index (χ1v) is 4.60. The number of halogens is 6. The topological polar surface area (TPSA) is 0 Å². The molecule has 0 unspecified atom stereocenters. The van der Waals surface area contributed by atoms with E-state index in [0.717, 1.165) is 0 Å². The lowest BCUT2D eigenvalue weighted by Gasteiger charge is -2.10. The highest BCUT2D eigenvalue weighted by atomic mass is 79.9. The van der Waals surface area contributed by atoms with Crippen molar-refractivity contribution in [3.63, 3.8) is 0 Å². The smallest absolute Gasteiger partial charge is 0.207 e. The molecule has 0 aliphatic rings. The minimum Gasteiger partial charge on any atom is -0.207 e. The molecule has 0 saturated heterocycles. The van der Waals surface area contributed by atoms with E-state index in [4.69, 9.17) is 0 Å². The normalized spacial score (nSPS) is 11.9. The van der Waals surface area contributed by atoms with Crippen molar-refractivity contribution < 1.29 is 22.0 Å². The minimum absolute atomic E-state index is 0.297. The molecule has 0 heterocycles. The van der Waals surface area contributed by atoms with Crippen LogP contribution in [0, 0.1) is 11.6 Å². The standard InChI is InChI=1S/C8H4BrF5/c9-3-4-6(10)2-1-5(7(4)11)8(12,13)14/h1-2H,3H2. The van der Waals surface area contributed by atoms with Crippen molar-refractivity contribution in [1.82, 2.24) is 0 Å². The maximum Gasteiger partial charge on any atom is 0.419 e. The molecule has 6 heteroatoms. The van der Waals surface area contributed by atoms with Crippen LogP contribution in [-0.2, 0) is 11.5 Å². The highest BCUT2D eigenvalue weighted by molar-refractivity contribution is 9.08. The van der Waals surface area contributed by atoms with Gasteiger partial charge in [-0.05, 0) is 12.1 Å². The Balaban J connectivity index is 3.36. The van der Waals surface area contributed by atoms with Gasteiger partial charge in [-0.15, -0.1) is 0 Å². The lowest BCUT2D eigenvalue weighted by atomic mass is 10.1. The zero-order chi connectivity index (χ0) is 10.9. The molecule has 1 aromatic rings. The Hall–Kier alpha value is -0.650. The summed E-state index contributed by atoms with van der Waals surface area (Å²) >= 11 is 2.71. The first kappa shape index (κ1) is 11.4. The highest BCUT2D eigenvalue weighted by Crippen LogP contribution is 2.33. The van der Waals surface area contributed by atoms with Crippen molar-refractivity contribution in [3.8, 4) is 0 Å². The number of hydrogen-bond donors (Lipinski definition) is 0. The van der Waals surface area contributed by atoms with Crippen LogP contribution in [0.1, 0.15) is 11.1 Å². The van der Waals surface area contributed by atoms with E-state index in [1.54, 1.807) is 0 Å². The summed E-state index contributed by atoms with van der Waals surface area (Å²) in [6.45, 7) is 0. The summed E-state index contributed by atoms with van der Waals surface area (Å²) < 4.78 is 62.2. The first-order valence-electron chi connectivity index (χ1n) is 3.48. The number of rotatable bonds is 1. The van der Waals surface area contributed by atoms with Gasteiger partial charge in [0.05, 0.1) is 5.56 Å². The zero-order valence-corrected chi connectivity index (χ0v) is 8.22. The van der Waals surface area contributed by atoms with E-state index in [0.29, 0.717) is 12.1 Å². The van der Waals surface area contributed by atoms with Crippen LogP contribution in [0.25, 0.3) is 0 Å². The van der Waals surface area contributed by atoms with Gasteiger partial charge in [-0.3, -0.25) is 0 Å². The second-order valence-electron chi connectivity index (χ2n) is 2.52. The monoisotopic (exact) mass is 274 g/mol. The van der Waals surface area contributed by atoms with Gasteiger partial charge in [0.15, 0.2) is 0 Å². The van der Waals surface area contributed by atoms with E-state index in [1.807, 2.05) is 0 Å². The number of benzene rings is 1. The Bertz CT molecular complexity index is 344. The molecule has 14 heavy (non-hydrogen) atoms. The van der Waals surface area contributed by atoms with Gasteiger partial charge < -0.3 is 0 Å². The summed E-state index contributed by atoms with van der Waals surface area (Å²) in [6.07, 6.45) is -4.80. The van der Waals surface area contributed by atoms with E-state index in [2.05, 4.69) is 15.9 Å². The van der Waals surface area contributed by atoms with Crippen molar-refractivity contribution in [2.75, 3.05) is 0 Å². The van der Waals surface area contributed by atoms with E-state index < -0.39 is 28.9 Å². The van der Waals surface area contributed by atoms with Crippen LogP contribution in [0.2, 0.25) is 0 Å². The van der Waals surface area contributed by atoms with Gasteiger partial charge >= 0.3 is 6.18 Å². The Kier molecular flexibility index (Phi) is 3.14. The van der Waals surface area contributed by atoms with Gasteiger partial charge in [-0.2, -0.15) is 13.2 Å². The second kappa shape index (κ2) is 3.84. The predicted octanol–water partition coefficient (Wildman–Crippen LogP) is 3.88. The molecule has 0 amide bonds. The zero-order valence-electron chi connectivity index (χ0n) is 6.63. The fourth-order valence-electron chi connectivity index (χ4n) is 0.939. The summed E-state index contributed by atoms with van der Waals surface area (Å²) in [5, 5.41) is -0.297. The Morgan fingerprint density at radius 1 is 1.14 bits per heavy atom. The Morgan fingerprint density at radius 2 is 1.71 bits per heavy atom.